The Bertz CT molecular complexity index is 436. The van der Waals surface area contributed by atoms with Crippen molar-refractivity contribution in [3.63, 3.8) is 0 Å². The molecule has 4 heteroatoms. The largest absolute Gasteiger partial charge is 0.311 e. The molecule has 0 aliphatic carbocycles. The van der Waals surface area contributed by atoms with Crippen LogP contribution in [-0.2, 0) is 4.79 Å². The maximum absolute atomic E-state index is 12.2. The summed E-state index contributed by atoms with van der Waals surface area (Å²) < 4.78 is 1.07. The average Bonchev–Trinajstić information content (AvgIpc) is 2.23. The van der Waals surface area contributed by atoms with Crippen molar-refractivity contribution in [2.45, 2.75) is 31.5 Å². The van der Waals surface area contributed by atoms with Gasteiger partial charge in [-0.1, -0.05) is 31.9 Å². The standard InChI is InChI=1S/C13H15Br2NO/c1-8-6-10(14)7-9(2)12(8)16-5-3-4-11(15)13(16)17/h6-7,11H,3-5H2,1-2H3. The van der Waals surface area contributed by atoms with Gasteiger partial charge in [-0.25, -0.2) is 0 Å². The Labute approximate surface area is 119 Å². The Morgan fingerprint density at radius 1 is 1.29 bits per heavy atom. The topological polar surface area (TPSA) is 20.3 Å². The first kappa shape index (κ1) is 13.1. The van der Waals surface area contributed by atoms with Crippen molar-refractivity contribution in [2.24, 2.45) is 0 Å². The molecule has 1 unspecified atom stereocenters. The lowest BCUT2D eigenvalue weighted by molar-refractivity contribution is -0.118. The number of aryl methyl sites for hydroxylation is 2. The lowest BCUT2D eigenvalue weighted by Crippen LogP contribution is -2.42. The molecular formula is C13H15Br2NO. The Hall–Kier alpha value is -0.350. The Morgan fingerprint density at radius 3 is 2.47 bits per heavy atom. The second-order valence-corrected chi connectivity index (χ2v) is 6.51. The zero-order valence-electron chi connectivity index (χ0n) is 9.96. The Morgan fingerprint density at radius 2 is 1.88 bits per heavy atom. The molecule has 0 radical (unpaired) electrons. The third-order valence-electron chi connectivity index (χ3n) is 3.10. The van der Waals surface area contributed by atoms with Gasteiger partial charge in [-0.05, 0) is 49.9 Å². The first-order valence-electron chi connectivity index (χ1n) is 5.73. The summed E-state index contributed by atoms with van der Waals surface area (Å²) in [6.45, 7) is 4.93. The van der Waals surface area contributed by atoms with Crippen molar-refractivity contribution in [1.29, 1.82) is 0 Å². The second-order valence-electron chi connectivity index (χ2n) is 4.49. The quantitative estimate of drug-likeness (QED) is 0.694. The molecule has 1 atom stereocenters. The van der Waals surface area contributed by atoms with E-state index < -0.39 is 0 Å². The van der Waals surface area contributed by atoms with E-state index >= 15 is 0 Å². The van der Waals surface area contributed by atoms with Crippen LogP contribution in [-0.4, -0.2) is 17.3 Å². The molecule has 1 aliphatic rings. The number of hydrogen-bond donors (Lipinski definition) is 0. The Kier molecular flexibility index (Phi) is 3.93. The van der Waals surface area contributed by atoms with E-state index in [1.54, 1.807) is 0 Å². The monoisotopic (exact) mass is 359 g/mol. The number of piperidine rings is 1. The molecule has 2 rings (SSSR count). The van der Waals surface area contributed by atoms with Crippen LogP contribution in [0.15, 0.2) is 16.6 Å². The average molecular weight is 361 g/mol. The number of benzene rings is 1. The van der Waals surface area contributed by atoms with Gasteiger partial charge >= 0.3 is 0 Å². The summed E-state index contributed by atoms with van der Waals surface area (Å²) in [5.41, 5.74) is 3.36. The fourth-order valence-electron chi connectivity index (χ4n) is 2.38. The number of nitrogens with zero attached hydrogens (tertiary/aromatic N) is 1. The number of anilines is 1. The van der Waals surface area contributed by atoms with Crippen molar-refractivity contribution in [1.82, 2.24) is 0 Å². The van der Waals surface area contributed by atoms with E-state index in [-0.39, 0.29) is 10.7 Å². The van der Waals surface area contributed by atoms with Gasteiger partial charge in [0.2, 0.25) is 5.91 Å². The molecule has 1 aromatic carbocycles. The predicted octanol–water partition coefficient (Wildman–Crippen LogP) is 3.96. The van der Waals surface area contributed by atoms with E-state index in [4.69, 9.17) is 0 Å². The van der Waals surface area contributed by atoms with Crippen molar-refractivity contribution in [2.75, 3.05) is 11.4 Å². The van der Waals surface area contributed by atoms with E-state index in [0.29, 0.717) is 0 Å². The van der Waals surface area contributed by atoms with E-state index in [9.17, 15) is 4.79 Å². The molecule has 0 saturated carbocycles. The molecule has 1 aliphatic heterocycles. The van der Waals surface area contributed by atoms with Crippen molar-refractivity contribution < 1.29 is 4.79 Å². The number of rotatable bonds is 1. The van der Waals surface area contributed by atoms with Gasteiger partial charge in [-0.2, -0.15) is 0 Å². The van der Waals surface area contributed by atoms with E-state index in [2.05, 4.69) is 57.8 Å². The molecule has 92 valence electrons. The number of carbonyl (C=O) groups is 1. The van der Waals surface area contributed by atoms with Crippen LogP contribution >= 0.6 is 31.9 Å². The molecule has 1 fully saturated rings. The first-order valence-corrected chi connectivity index (χ1v) is 7.44. The minimum atomic E-state index is -0.0290. The van der Waals surface area contributed by atoms with Gasteiger partial charge in [0, 0.05) is 16.7 Å². The summed E-state index contributed by atoms with van der Waals surface area (Å²) in [6.07, 6.45) is 1.99. The van der Waals surface area contributed by atoms with Crippen LogP contribution in [0.1, 0.15) is 24.0 Å². The number of halogens is 2. The fourth-order valence-corrected chi connectivity index (χ4v) is 3.64. The van der Waals surface area contributed by atoms with Gasteiger partial charge in [0.1, 0.15) is 0 Å². The molecular weight excluding hydrogens is 346 g/mol. The van der Waals surface area contributed by atoms with Gasteiger partial charge in [-0.15, -0.1) is 0 Å². The van der Waals surface area contributed by atoms with Gasteiger partial charge in [0.15, 0.2) is 0 Å². The number of amides is 1. The van der Waals surface area contributed by atoms with Crippen LogP contribution in [0.5, 0.6) is 0 Å². The SMILES string of the molecule is Cc1cc(Br)cc(C)c1N1CCCC(Br)C1=O. The third kappa shape index (κ3) is 2.58. The van der Waals surface area contributed by atoms with Crippen LogP contribution in [0.25, 0.3) is 0 Å². The van der Waals surface area contributed by atoms with Crippen molar-refractivity contribution >= 4 is 43.5 Å². The second kappa shape index (κ2) is 5.11. The highest BCUT2D eigenvalue weighted by atomic mass is 79.9. The number of carbonyl (C=O) groups excluding carboxylic acids is 1. The minimum absolute atomic E-state index is 0.0290. The van der Waals surface area contributed by atoms with Gasteiger partial charge < -0.3 is 4.90 Å². The maximum Gasteiger partial charge on any atom is 0.240 e. The normalized spacial score (nSPS) is 20.8. The smallest absolute Gasteiger partial charge is 0.240 e. The fraction of sp³-hybridized carbons (Fsp3) is 0.462. The highest BCUT2D eigenvalue weighted by Gasteiger charge is 2.29. The van der Waals surface area contributed by atoms with Crippen LogP contribution in [0.4, 0.5) is 5.69 Å². The van der Waals surface area contributed by atoms with Crippen molar-refractivity contribution in [3.05, 3.63) is 27.7 Å². The molecule has 0 aromatic heterocycles. The minimum Gasteiger partial charge on any atom is -0.311 e. The van der Waals surface area contributed by atoms with Crippen LogP contribution in [0.2, 0.25) is 0 Å². The van der Waals surface area contributed by atoms with Gasteiger partial charge in [-0.3, -0.25) is 4.79 Å². The summed E-state index contributed by atoms with van der Waals surface area (Å²) in [7, 11) is 0. The van der Waals surface area contributed by atoms with E-state index in [0.717, 1.165) is 40.7 Å². The van der Waals surface area contributed by atoms with Crippen LogP contribution in [0, 0.1) is 13.8 Å². The summed E-state index contributed by atoms with van der Waals surface area (Å²) in [6, 6.07) is 4.13. The van der Waals surface area contributed by atoms with Crippen LogP contribution < -0.4 is 4.90 Å². The highest BCUT2D eigenvalue weighted by Crippen LogP contribution is 2.32. The molecule has 17 heavy (non-hydrogen) atoms. The summed E-state index contributed by atoms with van der Waals surface area (Å²) in [5.74, 6) is 0.185. The molecule has 0 N–H and O–H groups in total. The Balaban J connectivity index is 2.43. The molecule has 2 nitrogen and oxygen atoms in total. The molecule has 0 bridgehead atoms. The molecule has 1 aromatic rings. The highest BCUT2D eigenvalue weighted by molar-refractivity contribution is 9.10. The number of hydrogen-bond acceptors (Lipinski definition) is 1. The van der Waals surface area contributed by atoms with Gasteiger partial charge in [0.05, 0.1) is 4.83 Å². The maximum atomic E-state index is 12.2. The molecule has 0 spiro atoms. The summed E-state index contributed by atoms with van der Waals surface area (Å²) in [4.78, 5) is 14.1. The molecule has 1 amide bonds. The third-order valence-corrected chi connectivity index (χ3v) is 4.41. The van der Waals surface area contributed by atoms with E-state index in [1.165, 1.54) is 0 Å². The zero-order chi connectivity index (χ0) is 12.6. The summed E-state index contributed by atoms with van der Waals surface area (Å²) in [5, 5.41) is 0. The molecule has 1 heterocycles. The van der Waals surface area contributed by atoms with Crippen molar-refractivity contribution in [3.8, 4) is 0 Å². The number of alkyl halides is 1. The lowest BCUT2D eigenvalue weighted by Gasteiger charge is -2.32. The lowest BCUT2D eigenvalue weighted by atomic mass is 10.0. The summed E-state index contributed by atoms with van der Waals surface area (Å²) >= 11 is 6.94. The van der Waals surface area contributed by atoms with Crippen LogP contribution in [0.3, 0.4) is 0 Å². The first-order chi connectivity index (χ1) is 8.00. The predicted molar refractivity (Wildman–Crippen MR) is 77.9 cm³/mol. The van der Waals surface area contributed by atoms with E-state index in [1.807, 2.05) is 4.90 Å². The zero-order valence-corrected chi connectivity index (χ0v) is 13.1. The molecule has 1 saturated heterocycles. The van der Waals surface area contributed by atoms with Gasteiger partial charge in [0.25, 0.3) is 0 Å².